The average Bonchev–Trinajstić information content (AvgIpc) is 3.30. The molecule has 3 N–H and O–H groups in total. The molecule has 0 spiro atoms. The van der Waals surface area contributed by atoms with E-state index in [0.29, 0.717) is 5.01 Å². The van der Waals surface area contributed by atoms with E-state index in [2.05, 4.69) is 26.8 Å². The topological polar surface area (TPSA) is 89.8 Å². The Kier molecular flexibility index (Phi) is 3.92. The van der Waals surface area contributed by atoms with Crippen molar-refractivity contribution in [2.45, 2.75) is 12.5 Å². The lowest BCUT2D eigenvalue weighted by atomic mass is 10.1. The fourth-order valence-corrected chi connectivity index (χ4v) is 3.24. The molecule has 3 aromatic heterocycles. The van der Waals surface area contributed by atoms with Crippen molar-refractivity contribution in [3.8, 4) is 17.5 Å². The molecule has 0 unspecified atom stereocenters. The molecule has 0 radical (unpaired) electrons. The fraction of sp³-hybridized carbons (Fsp3) is 0.105. The van der Waals surface area contributed by atoms with Gasteiger partial charge in [0.05, 0.1) is 0 Å². The predicted octanol–water partition coefficient (Wildman–Crippen LogP) is 2.72. The molecule has 1 atom stereocenters. The highest BCUT2D eigenvalue weighted by Gasteiger charge is 2.22. The molecule has 0 bridgehead atoms. The van der Waals surface area contributed by atoms with Crippen LogP contribution < -0.4 is 5.73 Å². The third-order valence-corrected chi connectivity index (χ3v) is 4.85. The number of aromatic nitrogens is 4. The molecular formula is C19H15N5OS. The Morgan fingerprint density at radius 3 is 2.96 bits per heavy atom. The van der Waals surface area contributed by atoms with Crippen LogP contribution in [0.4, 0.5) is 5.95 Å². The highest BCUT2D eigenvalue weighted by molar-refractivity contribution is 7.09. The van der Waals surface area contributed by atoms with Gasteiger partial charge in [0.25, 0.3) is 0 Å². The molecule has 0 saturated heterocycles. The van der Waals surface area contributed by atoms with Crippen molar-refractivity contribution in [2.75, 3.05) is 5.73 Å². The summed E-state index contributed by atoms with van der Waals surface area (Å²) in [7, 11) is 0. The van der Waals surface area contributed by atoms with E-state index in [-0.39, 0.29) is 5.95 Å². The van der Waals surface area contributed by atoms with Crippen LogP contribution in [0.25, 0.3) is 16.7 Å². The first-order valence-electron chi connectivity index (χ1n) is 7.88. The molecule has 3 heterocycles. The molecule has 4 aromatic rings. The van der Waals surface area contributed by atoms with Gasteiger partial charge >= 0.3 is 0 Å². The van der Waals surface area contributed by atoms with Crippen LogP contribution >= 0.6 is 11.3 Å². The van der Waals surface area contributed by atoms with E-state index < -0.39 is 5.60 Å². The van der Waals surface area contributed by atoms with Crippen molar-refractivity contribution in [3.05, 3.63) is 64.9 Å². The van der Waals surface area contributed by atoms with Crippen LogP contribution in [-0.2, 0) is 5.60 Å². The molecule has 0 fully saturated rings. The SMILES string of the molecule is C[C@@](O)(C#Cc1cccc(-n2ccc3cnc(N)nc32)c1)c1nccs1. The minimum absolute atomic E-state index is 0.230. The summed E-state index contributed by atoms with van der Waals surface area (Å²) < 4.78 is 1.93. The van der Waals surface area contributed by atoms with Crippen molar-refractivity contribution in [1.29, 1.82) is 0 Å². The Balaban J connectivity index is 1.72. The van der Waals surface area contributed by atoms with E-state index >= 15 is 0 Å². The molecule has 0 saturated carbocycles. The Morgan fingerprint density at radius 2 is 2.15 bits per heavy atom. The molecule has 4 rings (SSSR count). The van der Waals surface area contributed by atoms with E-state index in [4.69, 9.17) is 5.73 Å². The summed E-state index contributed by atoms with van der Waals surface area (Å²) in [5.41, 5.74) is 6.84. The minimum Gasteiger partial charge on any atom is -0.371 e. The number of fused-ring (bicyclic) bond motifs is 1. The summed E-state index contributed by atoms with van der Waals surface area (Å²) in [6, 6.07) is 9.63. The van der Waals surface area contributed by atoms with Gasteiger partial charge in [-0.05, 0) is 31.2 Å². The highest BCUT2D eigenvalue weighted by atomic mass is 32.1. The maximum Gasteiger partial charge on any atom is 0.221 e. The van der Waals surface area contributed by atoms with Crippen LogP contribution in [0.15, 0.2) is 54.3 Å². The Bertz CT molecular complexity index is 1140. The Morgan fingerprint density at radius 1 is 1.27 bits per heavy atom. The molecule has 0 aliphatic carbocycles. The van der Waals surface area contributed by atoms with Gasteiger partial charge in [0, 0.05) is 40.6 Å². The van der Waals surface area contributed by atoms with E-state index in [1.54, 1.807) is 19.3 Å². The first-order valence-corrected chi connectivity index (χ1v) is 8.76. The number of aliphatic hydroxyl groups is 1. The summed E-state index contributed by atoms with van der Waals surface area (Å²) in [4.78, 5) is 12.5. The lowest BCUT2D eigenvalue weighted by Crippen LogP contribution is -2.17. The molecule has 1 aromatic carbocycles. The molecule has 0 aliphatic rings. The minimum atomic E-state index is -1.29. The molecule has 26 heavy (non-hydrogen) atoms. The summed E-state index contributed by atoms with van der Waals surface area (Å²) in [6.07, 6.45) is 5.27. The lowest BCUT2D eigenvalue weighted by Gasteiger charge is -2.12. The Labute approximate surface area is 154 Å². The smallest absolute Gasteiger partial charge is 0.221 e. The summed E-state index contributed by atoms with van der Waals surface area (Å²) in [5, 5.41) is 13.8. The summed E-state index contributed by atoms with van der Waals surface area (Å²) >= 11 is 1.38. The van der Waals surface area contributed by atoms with Gasteiger partial charge in [-0.2, -0.15) is 4.98 Å². The zero-order chi connectivity index (χ0) is 18.1. The van der Waals surface area contributed by atoms with Gasteiger partial charge < -0.3 is 15.4 Å². The first kappa shape index (κ1) is 16.3. The van der Waals surface area contributed by atoms with Crippen LogP contribution in [0.2, 0.25) is 0 Å². The van der Waals surface area contributed by atoms with E-state index in [9.17, 15) is 5.11 Å². The second-order valence-corrected chi connectivity index (χ2v) is 6.80. The first-order chi connectivity index (χ1) is 12.5. The van der Waals surface area contributed by atoms with Crippen LogP contribution in [0, 0.1) is 11.8 Å². The number of nitrogens with two attached hydrogens (primary N) is 1. The molecule has 128 valence electrons. The van der Waals surface area contributed by atoms with Crippen molar-refractivity contribution in [1.82, 2.24) is 19.5 Å². The largest absolute Gasteiger partial charge is 0.371 e. The monoisotopic (exact) mass is 361 g/mol. The maximum absolute atomic E-state index is 10.5. The normalized spacial score (nSPS) is 13.2. The van der Waals surface area contributed by atoms with Gasteiger partial charge in [0.1, 0.15) is 10.7 Å². The third-order valence-electron chi connectivity index (χ3n) is 3.87. The van der Waals surface area contributed by atoms with Crippen molar-refractivity contribution >= 4 is 28.3 Å². The summed E-state index contributed by atoms with van der Waals surface area (Å²) in [6.45, 7) is 1.64. The molecule has 0 amide bonds. The van der Waals surface area contributed by atoms with Crippen molar-refractivity contribution < 1.29 is 5.11 Å². The van der Waals surface area contributed by atoms with Gasteiger partial charge in [-0.1, -0.05) is 17.9 Å². The number of nitrogen functional groups attached to an aromatic ring is 1. The number of hydrogen-bond donors (Lipinski definition) is 2. The van der Waals surface area contributed by atoms with Crippen LogP contribution in [0.1, 0.15) is 17.5 Å². The molecule has 0 aliphatic heterocycles. The van der Waals surface area contributed by atoms with Crippen LogP contribution in [0.5, 0.6) is 0 Å². The van der Waals surface area contributed by atoms with Gasteiger partial charge in [-0.25, -0.2) is 9.97 Å². The van der Waals surface area contributed by atoms with Crippen LogP contribution in [0.3, 0.4) is 0 Å². The summed E-state index contributed by atoms with van der Waals surface area (Å²) in [5.74, 6) is 6.16. The zero-order valence-electron chi connectivity index (χ0n) is 13.9. The number of thiazole rings is 1. The van der Waals surface area contributed by atoms with Gasteiger partial charge in [0.2, 0.25) is 5.95 Å². The second-order valence-electron chi connectivity index (χ2n) is 5.90. The lowest BCUT2D eigenvalue weighted by molar-refractivity contribution is 0.122. The number of benzene rings is 1. The fourth-order valence-electron chi connectivity index (χ4n) is 2.58. The van der Waals surface area contributed by atoms with Crippen molar-refractivity contribution in [2.24, 2.45) is 0 Å². The number of hydrogen-bond acceptors (Lipinski definition) is 6. The van der Waals surface area contributed by atoms with Gasteiger partial charge in [0.15, 0.2) is 5.60 Å². The molecule has 7 heteroatoms. The standard InChI is InChI=1S/C19H15N5OS/c1-19(25,17-21-8-10-26-17)7-5-13-3-2-4-15(11-13)24-9-6-14-12-22-18(20)23-16(14)24/h2-4,6,8-12,25H,1H3,(H2,20,22,23)/t19-/m1/s1. The average molecular weight is 361 g/mol. The molecule has 6 nitrogen and oxygen atoms in total. The second kappa shape index (κ2) is 6.26. The number of rotatable bonds is 2. The number of anilines is 1. The quantitative estimate of drug-likeness (QED) is 0.536. The van der Waals surface area contributed by atoms with Gasteiger partial charge in [-0.3, -0.25) is 0 Å². The van der Waals surface area contributed by atoms with Crippen molar-refractivity contribution in [3.63, 3.8) is 0 Å². The predicted molar refractivity (Wildman–Crippen MR) is 102 cm³/mol. The third kappa shape index (κ3) is 3.04. The maximum atomic E-state index is 10.5. The van der Waals surface area contributed by atoms with Gasteiger partial charge in [-0.15, -0.1) is 11.3 Å². The van der Waals surface area contributed by atoms with E-state index in [1.165, 1.54) is 11.3 Å². The van der Waals surface area contributed by atoms with E-state index in [0.717, 1.165) is 22.3 Å². The van der Waals surface area contributed by atoms with Crippen LogP contribution in [-0.4, -0.2) is 24.6 Å². The molecular weight excluding hydrogens is 346 g/mol. The highest BCUT2D eigenvalue weighted by Crippen LogP contribution is 2.22. The van der Waals surface area contributed by atoms with E-state index in [1.807, 2.05) is 46.5 Å². The zero-order valence-corrected chi connectivity index (χ0v) is 14.7. The number of nitrogens with zero attached hydrogens (tertiary/aromatic N) is 4. The Hall–Kier alpha value is -3.21.